The molecular formula is C27H25N3O6. The first-order chi connectivity index (χ1) is 17.3. The number of nitrogens with one attached hydrogen (secondary N) is 1. The lowest BCUT2D eigenvalue weighted by Crippen LogP contribution is -2.48. The fourth-order valence-electron chi connectivity index (χ4n) is 4.47. The molecule has 1 heterocycles. The van der Waals surface area contributed by atoms with Gasteiger partial charge in [0, 0.05) is 12.1 Å². The Hall–Kier alpha value is -4.66. The highest BCUT2D eigenvalue weighted by Crippen LogP contribution is 2.45. The van der Waals surface area contributed by atoms with Gasteiger partial charge in [0.2, 0.25) is 5.75 Å². The second-order valence-corrected chi connectivity index (χ2v) is 8.27. The minimum Gasteiger partial charge on any atom is -0.504 e. The second-order valence-electron chi connectivity index (χ2n) is 8.27. The molecular weight excluding hydrogens is 462 g/mol. The van der Waals surface area contributed by atoms with Crippen LogP contribution >= 0.6 is 0 Å². The van der Waals surface area contributed by atoms with Gasteiger partial charge in [-0.1, -0.05) is 60.7 Å². The van der Waals surface area contributed by atoms with E-state index in [2.05, 4.69) is 5.32 Å². The van der Waals surface area contributed by atoms with Crippen LogP contribution < -0.4 is 10.1 Å². The summed E-state index contributed by atoms with van der Waals surface area (Å²) in [4.78, 5) is 39.4. The van der Waals surface area contributed by atoms with Crippen LogP contribution in [-0.4, -0.2) is 40.4 Å². The first-order valence-corrected chi connectivity index (χ1v) is 11.3. The SMILES string of the molecule is COc1c(O)ccc([C@H]2NC(=O)N(CCc3ccccc3)C(c3ccccc3)=C2C(C)=O)c1[N+](=O)[O-]. The van der Waals surface area contributed by atoms with Crippen molar-refractivity contribution in [2.45, 2.75) is 19.4 Å². The summed E-state index contributed by atoms with van der Waals surface area (Å²) in [5.74, 6) is -1.12. The van der Waals surface area contributed by atoms with Gasteiger partial charge in [-0.2, -0.15) is 0 Å². The van der Waals surface area contributed by atoms with Crippen molar-refractivity contribution in [1.82, 2.24) is 10.2 Å². The van der Waals surface area contributed by atoms with Gasteiger partial charge in [0.15, 0.2) is 11.5 Å². The number of nitrogens with zero attached hydrogens (tertiary/aromatic N) is 2. The fraction of sp³-hybridized carbons (Fsp3) is 0.185. The molecule has 36 heavy (non-hydrogen) atoms. The van der Waals surface area contributed by atoms with Crippen LogP contribution in [0, 0.1) is 10.1 Å². The minimum absolute atomic E-state index is 0.0318. The lowest BCUT2D eigenvalue weighted by atomic mass is 9.88. The molecule has 1 aliphatic rings. The van der Waals surface area contributed by atoms with Crippen molar-refractivity contribution < 1.29 is 24.4 Å². The molecule has 0 fully saturated rings. The predicted octanol–water partition coefficient (Wildman–Crippen LogP) is 4.62. The maximum absolute atomic E-state index is 13.5. The number of nitro benzene ring substituents is 1. The van der Waals surface area contributed by atoms with Gasteiger partial charge in [0.25, 0.3) is 0 Å². The molecule has 3 aromatic rings. The smallest absolute Gasteiger partial charge is 0.322 e. The Labute approximate surface area is 207 Å². The summed E-state index contributed by atoms with van der Waals surface area (Å²) < 4.78 is 5.10. The van der Waals surface area contributed by atoms with E-state index in [1.165, 1.54) is 31.1 Å². The van der Waals surface area contributed by atoms with Gasteiger partial charge < -0.3 is 15.2 Å². The number of ether oxygens (including phenoxy) is 1. The van der Waals surface area contributed by atoms with E-state index >= 15 is 0 Å². The first kappa shape index (κ1) is 24.5. The number of hydrogen-bond acceptors (Lipinski definition) is 6. The number of Topliss-reactive ketones (excluding diaryl/α,β-unsaturated/α-hetero) is 1. The number of carbonyl (C=O) groups is 2. The second kappa shape index (κ2) is 10.3. The van der Waals surface area contributed by atoms with Crippen molar-refractivity contribution in [3.05, 3.63) is 105 Å². The third-order valence-corrected chi connectivity index (χ3v) is 6.06. The Morgan fingerprint density at radius 2 is 1.72 bits per heavy atom. The number of urea groups is 1. The molecule has 1 atom stereocenters. The van der Waals surface area contributed by atoms with Gasteiger partial charge in [-0.3, -0.25) is 19.8 Å². The molecule has 2 amide bonds. The lowest BCUT2D eigenvalue weighted by Gasteiger charge is -2.37. The lowest BCUT2D eigenvalue weighted by molar-refractivity contribution is -0.386. The van der Waals surface area contributed by atoms with E-state index in [4.69, 9.17) is 4.74 Å². The largest absolute Gasteiger partial charge is 0.504 e. The topological polar surface area (TPSA) is 122 Å². The Kier molecular flexibility index (Phi) is 7.00. The van der Waals surface area contributed by atoms with Crippen LogP contribution in [0.4, 0.5) is 10.5 Å². The summed E-state index contributed by atoms with van der Waals surface area (Å²) in [6, 6.07) is 19.6. The molecule has 0 saturated heterocycles. The van der Waals surface area contributed by atoms with E-state index in [0.29, 0.717) is 17.7 Å². The molecule has 4 rings (SSSR count). The molecule has 9 nitrogen and oxygen atoms in total. The van der Waals surface area contributed by atoms with Crippen LogP contribution in [0.5, 0.6) is 11.5 Å². The highest BCUT2D eigenvalue weighted by molar-refractivity contribution is 6.07. The van der Waals surface area contributed by atoms with E-state index in [1.54, 1.807) is 24.3 Å². The van der Waals surface area contributed by atoms with Gasteiger partial charge in [0.1, 0.15) is 0 Å². The van der Waals surface area contributed by atoms with E-state index in [9.17, 15) is 24.8 Å². The monoisotopic (exact) mass is 487 g/mol. The molecule has 0 saturated carbocycles. The summed E-state index contributed by atoms with van der Waals surface area (Å²) in [5.41, 5.74) is 1.74. The number of methoxy groups -OCH3 is 1. The number of aromatic hydroxyl groups is 1. The zero-order chi connectivity index (χ0) is 25.8. The molecule has 2 N–H and O–H groups in total. The number of ketones is 1. The Balaban J connectivity index is 1.92. The molecule has 0 aliphatic carbocycles. The standard InChI is InChI=1S/C27H25N3O6/c1-17(31)22-23(20-13-14-21(32)26(36-2)25(20)30(34)35)28-27(33)29(16-15-18-9-5-3-6-10-18)24(22)19-11-7-4-8-12-19/h3-14,23,32H,15-16H2,1-2H3,(H,28,33)/t23-/m1/s1. The van der Waals surface area contributed by atoms with Gasteiger partial charge in [0.05, 0.1) is 29.3 Å². The van der Waals surface area contributed by atoms with E-state index < -0.39 is 28.4 Å². The van der Waals surface area contributed by atoms with Crippen LogP contribution in [0.25, 0.3) is 5.70 Å². The first-order valence-electron chi connectivity index (χ1n) is 11.3. The van der Waals surface area contributed by atoms with Crippen molar-refractivity contribution in [2.24, 2.45) is 0 Å². The van der Waals surface area contributed by atoms with Gasteiger partial charge in [-0.05, 0) is 36.6 Å². The Morgan fingerprint density at radius 3 is 2.31 bits per heavy atom. The number of phenols is 1. The minimum atomic E-state index is -1.13. The molecule has 3 aromatic carbocycles. The molecule has 9 heteroatoms. The number of phenolic OH excluding ortho intramolecular Hbond substituents is 1. The summed E-state index contributed by atoms with van der Waals surface area (Å²) in [6.45, 7) is 1.65. The van der Waals surface area contributed by atoms with Crippen LogP contribution in [0.2, 0.25) is 0 Å². The fourth-order valence-corrected chi connectivity index (χ4v) is 4.47. The number of amides is 2. The van der Waals surface area contributed by atoms with Crippen LogP contribution in [0.15, 0.2) is 78.4 Å². The zero-order valence-electron chi connectivity index (χ0n) is 19.8. The number of hydrogen-bond donors (Lipinski definition) is 2. The zero-order valence-corrected chi connectivity index (χ0v) is 19.8. The normalized spacial score (nSPS) is 15.4. The van der Waals surface area contributed by atoms with Crippen LogP contribution in [0.1, 0.15) is 29.7 Å². The van der Waals surface area contributed by atoms with Crippen molar-refractivity contribution in [3.8, 4) is 11.5 Å². The molecule has 0 aromatic heterocycles. The van der Waals surface area contributed by atoms with Crippen molar-refractivity contribution in [2.75, 3.05) is 13.7 Å². The van der Waals surface area contributed by atoms with Gasteiger partial charge >= 0.3 is 11.7 Å². The van der Waals surface area contributed by atoms with Crippen molar-refractivity contribution in [1.29, 1.82) is 0 Å². The highest BCUT2D eigenvalue weighted by Gasteiger charge is 2.40. The summed E-state index contributed by atoms with van der Waals surface area (Å²) in [5, 5.41) is 24.9. The van der Waals surface area contributed by atoms with E-state index in [0.717, 1.165) is 5.56 Å². The Bertz CT molecular complexity index is 1340. The highest BCUT2D eigenvalue weighted by atomic mass is 16.6. The molecule has 0 spiro atoms. The number of benzene rings is 3. The molecule has 184 valence electrons. The quantitative estimate of drug-likeness (QED) is 0.353. The van der Waals surface area contributed by atoms with Gasteiger partial charge in [-0.15, -0.1) is 0 Å². The number of nitro groups is 1. The van der Waals surface area contributed by atoms with Crippen molar-refractivity contribution >= 4 is 23.2 Å². The number of rotatable bonds is 8. The summed E-state index contributed by atoms with van der Waals surface area (Å²) in [7, 11) is 1.20. The molecule has 0 radical (unpaired) electrons. The van der Waals surface area contributed by atoms with Crippen LogP contribution in [0.3, 0.4) is 0 Å². The van der Waals surface area contributed by atoms with E-state index in [-0.39, 0.29) is 29.2 Å². The Morgan fingerprint density at radius 1 is 1.08 bits per heavy atom. The molecule has 0 bridgehead atoms. The number of carbonyl (C=O) groups excluding carboxylic acids is 2. The predicted molar refractivity (Wildman–Crippen MR) is 133 cm³/mol. The average Bonchev–Trinajstić information content (AvgIpc) is 2.88. The molecule has 0 unspecified atom stereocenters. The van der Waals surface area contributed by atoms with Crippen molar-refractivity contribution in [3.63, 3.8) is 0 Å². The third kappa shape index (κ3) is 4.63. The average molecular weight is 488 g/mol. The van der Waals surface area contributed by atoms with Gasteiger partial charge in [-0.25, -0.2) is 4.79 Å². The maximum Gasteiger partial charge on any atom is 0.322 e. The summed E-state index contributed by atoms with van der Waals surface area (Å²) in [6.07, 6.45) is 0.535. The van der Waals surface area contributed by atoms with Crippen LogP contribution in [-0.2, 0) is 11.2 Å². The third-order valence-electron chi connectivity index (χ3n) is 6.06. The maximum atomic E-state index is 13.5. The summed E-state index contributed by atoms with van der Waals surface area (Å²) >= 11 is 0. The van der Waals surface area contributed by atoms with E-state index in [1.807, 2.05) is 36.4 Å². The molecule has 1 aliphatic heterocycles.